The Bertz CT molecular complexity index is 916. The fourth-order valence-electron chi connectivity index (χ4n) is 3.34. The molecule has 0 aromatic carbocycles. The molecule has 1 aliphatic rings. The SMILES string of the molecule is Cc1nn(C)c(C)c1NC(=O)COC(=O)/C=C/c1cc(C)n(C2CC2)c1C. The molecule has 1 N–H and O–H groups in total. The Morgan fingerprint density at radius 2 is 1.96 bits per heavy atom. The van der Waals surface area contributed by atoms with Crippen LogP contribution < -0.4 is 5.32 Å². The molecule has 27 heavy (non-hydrogen) atoms. The third-order valence-corrected chi connectivity index (χ3v) is 4.95. The van der Waals surface area contributed by atoms with Crippen LogP contribution in [0.4, 0.5) is 5.69 Å². The van der Waals surface area contributed by atoms with Gasteiger partial charge in [-0.25, -0.2) is 4.79 Å². The van der Waals surface area contributed by atoms with Crippen LogP contribution in [0, 0.1) is 27.7 Å². The predicted octanol–water partition coefficient (Wildman–Crippen LogP) is 2.99. The summed E-state index contributed by atoms with van der Waals surface area (Å²) in [5.74, 6) is -0.927. The molecular weight excluding hydrogens is 344 g/mol. The minimum Gasteiger partial charge on any atom is -0.452 e. The number of aromatic nitrogens is 3. The van der Waals surface area contributed by atoms with Crippen molar-refractivity contribution < 1.29 is 14.3 Å². The van der Waals surface area contributed by atoms with E-state index in [-0.39, 0.29) is 12.5 Å². The number of amides is 1. The number of hydrogen-bond acceptors (Lipinski definition) is 4. The lowest BCUT2D eigenvalue weighted by Gasteiger charge is -2.06. The van der Waals surface area contributed by atoms with Gasteiger partial charge in [-0.1, -0.05) is 0 Å². The van der Waals surface area contributed by atoms with E-state index >= 15 is 0 Å². The smallest absolute Gasteiger partial charge is 0.331 e. The maximum absolute atomic E-state index is 12.0. The maximum atomic E-state index is 12.0. The number of nitrogens with one attached hydrogen (secondary N) is 1. The van der Waals surface area contributed by atoms with Crippen molar-refractivity contribution in [2.75, 3.05) is 11.9 Å². The largest absolute Gasteiger partial charge is 0.452 e. The van der Waals surface area contributed by atoms with Gasteiger partial charge in [0.25, 0.3) is 5.91 Å². The second kappa shape index (κ2) is 7.42. The van der Waals surface area contributed by atoms with Crippen molar-refractivity contribution in [1.82, 2.24) is 14.3 Å². The zero-order valence-corrected chi connectivity index (χ0v) is 16.5. The van der Waals surface area contributed by atoms with Crippen molar-refractivity contribution in [1.29, 1.82) is 0 Å². The van der Waals surface area contributed by atoms with Crippen LogP contribution >= 0.6 is 0 Å². The molecule has 7 heteroatoms. The Morgan fingerprint density at radius 3 is 2.56 bits per heavy atom. The van der Waals surface area contributed by atoms with E-state index in [0.29, 0.717) is 11.7 Å². The molecule has 0 saturated heterocycles. The zero-order valence-electron chi connectivity index (χ0n) is 16.5. The van der Waals surface area contributed by atoms with Gasteiger partial charge >= 0.3 is 5.97 Å². The van der Waals surface area contributed by atoms with Crippen LogP contribution in [-0.2, 0) is 21.4 Å². The molecule has 1 aliphatic carbocycles. The van der Waals surface area contributed by atoms with Crippen LogP contribution in [-0.4, -0.2) is 32.8 Å². The van der Waals surface area contributed by atoms with Gasteiger partial charge in [-0.05, 0) is 58.2 Å². The molecule has 0 bridgehead atoms. The van der Waals surface area contributed by atoms with Gasteiger partial charge in [0.1, 0.15) is 0 Å². The van der Waals surface area contributed by atoms with Gasteiger partial charge in [-0.2, -0.15) is 5.10 Å². The average molecular weight is 370 g/mol. The molecule has 3 rings (SSSR count). The summed E-state index contributed by atoms with van der Waals surface area (Å²) < 4.78 is 9.06. The molecule has 1 fully saturated rings. The number of nitrogens with zero attached hydrogens (tertiary/aromatic N) is 3. The van der Waals surface area contributed by atoms with Gasteiger partial charge in [0, 0.05) is 30.6 Å². The number of anilines is 1. The van der Waals surface area contributed by atoms with E-state index in [1.165, 1.54) is 24.6 Å². The van der Waals surface area contributed by atoms with E-state index in [0.717, 1.165) is 22.6 Å². The number of esters is 1. The Morgan fingerprint density at radius 1 is 1.26 bits per heavy atom. The number of ether oxygens (including phenoxy) is 1. The molecule has 2 aromatic rings. The average Bonchev–Trinajstić information content (AvgIpc) is 3.36. The van der Waals surface area contributed by atoms with E-state index in [9.17, 15) is 9.59 Å². The maximum Gasteiger partial charge on any atom is 0.331 e. The summed E-state index contributed by atoms with van der Waals surface area (Å²) >= 11 is 0. The minimum absolute atomic E-state index is 0.335. The summed E-state index contributed by atoms with van der Waals surface area (Å²) in [7, 11) is 1.81. The van der Waals surface area contributed by atoms with E-state index in [2.05, 4.69) is 34.9 Å². The second-order valence-electron chi connectivity index (χ2n) is 7.09. The molecule has 1 amide bonds. The van der Waals surface area contributed by atoms with Gasteiger partial charge in [0.05, 0.1) is 17.1 Å². The van der Waals surface area contributed by atoms with Crippen LogP contribution in [0.1, 0.15) is 47.2 Å². The Balaban J connectivity index is 1.54. The van der Waals surface area contributed by atoms with Crippen LogP contribution in [0.2, 0.25) is 0 Å². The third kappa shape index (κ3) is 4.13. The van der Waals surface area contributed by atoms with Crippen molar-refractivity contribution in [2.24, 2.45) is 7.05 Å². The fourth-order valence-corrected chi connectivity index (χ4v) is 3.34. The molecule has 0 spiro atoms. The highest BCUT2D eigenvalue weighted by Gasteiger charge is 2.26. The Labute approximate surface area is 159 Å². The van der Waals surface area contributed by atoms with Crippen molar-refractivity contribution >= 4 is 23.6 Å². The normalized spacial score (nSPS) is 14.0. The van der Waals surface area contributed by atoms with Crippen molar-refractivity contribution in [2.45, 2.75) is 46.6 Å². The molecule has 0 unspecified atom stereocenters. The summed E-state index contributed by atoms with van der Waals surface area (Å²) in [5, 5.41) is 6.98. The van der Waals surface area contributed by atoms with Gasteiger partial charge in [-0.3, -0.25) is 9.48 Å². The number of carbonyl (C=O) groups excluding carboxylic acids is 2. The molecule has 2 heterocycles. The van der Waals surface area contributed by atoms with Gasteiger partial charge in [0.2, 0.25) is 0 Å². The van der Waals surface area contributed by atoms with Gasteiger partial charge < -0.3 is 14.6 Å². The van der Waals surface area contributed by atoms with Crippen LogP contribution in [0.15, 0.2) is 12.1 Å². The highest BCUT2D eigenvalue weighted by atomic mass is 16.5. The van der Waals surface area contributed by atoms with E-state index < -0.39 is 5.97 Å². The highest BCUT2D eigenvalue weighted by molar-refractivity contribution is 5.95. The lowest BCUT2D eigenvalue weighted by Crippen LogP contribution is -2.20. The number of aryl methyl sites for hydroxylation is 3. The Hall–Kier alpha value is -2.83. The molecule has 0 radical (unpaired) electrons. The number of hydrogen-bond donors (Lipinski definition) is 1. The first-order chi connectivity index (χ1) is 12.8. The summed E-state index contributed by atoms with van der Waals surface area (Å²) in [5.41, 5.74) is 5.58. The van der Waals surface area contributed by atoms with E-state index in [4.69, 9.17) is 4.74 Å². The second-order valence-corrected chi connectivity index (χ2v) is 7.09. The Kier molecular flexibility index (Phi) is 5.21. The summed E-state index contributed by atoms with van der Waals surface area (Å²) in [6, 6.07) is 2.67. The van der Waals surface area contributed by atoms with Crippen molar-refractivity contribution in [3.8, 4) is 0 Å². The zero-order chi connectivity index (χ0) is 19.7. The fraction of sp³-hybridized carbons (Fsp3) is 0.450. The van der Waals surface area contributed by atoms with Crippen LogP contribution in [0.3, 0.4) is 0 Å². The topological polar surface area (TPSA) is 78.2 Å². The molecule has 144 valence electrons. The standard InChI is InChI=1S/C20H26N4O3/c1-12-10-16(14(3)24(12)17-7-8-17)6-9-19(26)27-11-18(25)21-20-13(2)22-23(5)15(20)4/h6,9-10,17H,7-8,11H2,1-5H3,(H,21,25)/b9-6+. The van der Waals surface area contributed by atoms with Crippen molar-refractivity contribution in [3.63, 3.8) is 0 Å². The van der Waals surface area contributed by atoms with Crippen LogP contribution in [0.25, 0.3) is 6.08 Å². The summed E-state index contributed by atoms with van der Waals surface area (Å²) in [6.07, 6.45) is 5.54. The van der Waals surface area contributed by atoms with Gasteiger partial charge in [-0.15, -0.1) is 0 Å². The molecule has 7 nitrogen and oxygen atoms in total. The number of carbonyl (C=O) groups is 2. The number of rotatable bonds is 6. The molecular formula is C20H26N4O3. The monoisotopic (exact) mass is 370 g/mol. The van der Waals surface area contributed by atoms with Crippen molar-refractivity contribution in [3.05, 3.63) is 40.5 Å². The minimum atomic E-state index is -0.541. The first kappa shape index (κ1) is 18.9. The molecule has 0 atom stereocenters. The summed E-state index contributed by atoms with van der Waals surface area (Å²) in [6.45, 7) is 7.48. The van der Waals surface area contributed by atoms with Gasteiger partial charge in [0.15, 0.2) is 6.61 Å². The molecule has 2 aromatic heterocycles. The summed E-state index contributed by atoms with van der Waals surface area (Å²) in [4.78, 5) is 24.0. The molecule has 0 aliphatic heterocycles. The van der Waals surface area contributed by atoms with E-state index in [1.54, 1.807) is 10.8 Å². The third-order valence-electron chi connectivity index (χ3n) is 4.95. The lowest BCUT2D eigenvalue weighted by atomic mass is 10.2. The first-order valence-electron chi connectivity index (χ1n) is 9.11. The van der Waals surface area contributed by atoms with Crippen LogP contribution in [0.5, 0.6) is 0 Å². The van der Waals surface area contributed by atoms with E-state index in [1.807, 2.05) is 20.9 Å². The first-order valence-corrected chi connectivity index (χ1v) is 9.11. The highest BCUT2D eigenvalue weighted by Crippen LogP contribution is 2.38. The lowest BCUT2D eigenvalue weighted by molar-refractivity contribution is -0.142. The predicted molar refractivity (Wildman–Crippen MR) is 103 cm³/mol. The molecule has 1 saturated carbocycles. The quantitative estimate of drug-likeness (QED) is 0.626.